The number of rotatable bonds is 2. The van der Waals surface area contributed by atoms with E-state index in [0.717, 1.165) is 15.6 Å². The Hall–Kier alpha value is -1.59. The van der Waals surface area contributed by atoms with Crippen LogP contribution in [-0.2, 0) is 11.3 Å². The summed E-state index contributed by atoms with van der Waals surface area (Å²) in [7, 11) is 1.63. The van der Waals surface area contributed by atoms with Crippen molar-refractivity contribution >= 4 is 45.0 Å². The highest BCUT2D eigenvalue weighted by atomic mass is 35.5. The fraction of sp³-hybridized carbons (Fsp3) is 0.231. The van der Waals surface area contributed by atoms with Crippen LogP contribution in [0.1, 0.15) is 5.56 Å². The van der Waals surface area contributed by atoms with Crippen LogP contribution in [0.5, 0.6) is 0 Å². The number of carbonyl (C=O) groups is 2. The van der Waals surface area contributed by atoms with Crippen molar-refractivity contribution in [3.8, 4) is 0 Å². The Balaban J connectivity index is 1.96. The normalized spacial score (nSPS) is 15.9. The zero-order chi connectivity index (χ0) is 13.6. The quantitative estimate of drug-likeness (QED) is 0.799. The highest BCUT2D eigenvalue weighted by molar-refractivity contribution is 7.18. The van der Waals surface area contributed by atoms with Crippen LogP contribution in [0.2, 0.25) is 5.02 Å². The topological polar surface area (TPSA) is 40.6 Å². The number of nitrogens with zero attached hydrogens (tertiary/aromatic N) is 2. The third-order valence-electron chi connectivity index (χ3n) is 3.19. The fourth-order valence-corrected chi connectivity index (χ4v) is 3.47. The molecule has 0 unspecified atom stereocenters. The van der Waals surface area contributed by atoms with E-state index in [1.807, 2.05) is 23.6 Å². The molecule has 0 atom stereocenters. The summed E-state index contributed by atoms with van der Waals surface area (Å²) in [4.78, 5) is 26.3. The van der Waals surface area contributed by atoms with E-state index in [1.165, 1.54) is 21.1 Å². The lowest BCUT2D eigenvalue weighted by Crippen LogP contribution is -2.30. The molecule has 1 saturated heterocycles. The van der Waals surface area contributed by atoms with Crippen LogP contribution in [0.25, 0.3) is 10.1 Å². The average molecular weight is 295 g/mol. The van der Waals surface area contributed by atoms with Gasteiger partial charge in [-0.3, -0.25) is 9.69 Å². The molecule has 0 saturated carbocycles. The van der Waals surface area contributed by atoms with Crippen molar-refractivity contribution in [1.82, 2.24) is 9.80 Å². The molecule has 2 aromatic rings. The molecule has 1 aliphatic rings. The molecule has 1 aliphatic heterocycles. The number of carbonyl (C=O) groups excluding carboxylic acids is 2. The summed E-state index contributed by atoms with van der Waals surface area (Å²) in [5.41, 5.74) is 0.958. The van der Waals surface area contributed by atoms with Crippen LogP contribution >= 0.6 is 22.9 Å². The van der Waals surface area contributed by atoms with Crippen molar-refractivity contribution in [2.75, 3.05) is 13.6 Å². The van der Waals surface area contributed by atoms with Gasteiger partial charge in [0.05, 0.1) is 16.3 Å². The van der Waals surface area contributed by atoms with Crippen molar-refractivity contribution in [1.29, 1.82) is 0 Å². The van der Waals surface area contributed by atoms with Gasteiger partial charge in [0.25, 0.3) is 5.91 Å². The van der Waals surface area contributed by atoms with Gasteiger partial charge in [0, 0.05) is 7.05 Å². The van der Waals surface area contributed by atoms with Crippen LogP contribution in [-0.4, -0.2) is 35.3 Å². The Kier molecular flexibility index (Phi) is 2.95. The lowest BCUT2D eigenvalue weighted by Gasteiger charge is -2.13. The molecule has 0 spiro atoms. The van der Waals surface area contributed by atoms with Crippen LogP contribution in [0, 0.1) is 0 Å². The number of likely N-dealkylation sites (N-methyl/N-ethyl adjacent to an activating group) is 1. The molecule has 0 N–H and O–H groups in total. The standard InChI is InChI=1S/C13H11ClN2O2S/c1-15-6-11(17)16(13(15)18)5-8-7-19-12-9(8)3-2-4-10(12)14/h2-4,7H,5-6H2,1H3. The second kappa shape index (κ2) is 4.51. The van der Waals surface area contributed by atoms with E-state index in [9.17, 15) is 9.59 Å². The highest BCUT2D eigenvalue weighted by Crippen LogP contribution is 2.33. The zero-order valence-electron chi connectivity index (χ0n) is 10.2. The van der Waals surface area contributed by atoms with Crippen LogP contribution in [0.3, 0.4) is 0 Å². The Morgan fingerprint density at radius 2 is 2.16 bits per heavy atom. The first-order valence-electron chi connectivity index (χ1n) is 5.78. The monoisotopic (exact) mass is 294 g/mol. The minimum atomic E-state index is -0.244. The molecule has 1 aromatic carbocycles. The van der Waals surface area contributed by atoms with Crippen molar-refractivity contribution in [2.24, 2.45) is 0 Å². The number of thiophene rings is 1. The summed E-state index contributed by atoms with van der Waals surface area (Å²) in [5.74, 6) is -0.158. The molecule has 1 aromatic heterocycles. The fourth-order valence-electron chi connectivity index (χ4n) is 2.19. The van der Waals surface area contributed by atoms with E-state index in [4.69, 9.17) is 11.6 Å². The van der Waals surface area contributed by atoms with Gasteiger partial charge >= 0.3 is 6.03 Å². The number of hydrogen-bond acceptors (Lipinski definition) is 3. The zero-order valence-corrected chi connectivity index (χ0v) is 11.8. The largest absolute Gasteiger partial charge is 0.327 e. The van der Waals surface area contributed by atoms with Gasteiger partial charge in [-0.25, -0.2) is 4.79 Å². The highest BCUT2D eigenvalue weighted by Gasteiger charge is 2.33. The Morgan fingerprint density at radius 1 is 1.37 bits per heavy atom. The first kappa shape index (κ1) is 12.4. The molecule has 98 valence electrons. The minimum absolute atomic E-state index is 0.154. The van der Waals surface area contributed by atoms with Crippen LogP contribution < -0.4 is 0 Å². The number of imide groups is 1. The van der Waals surface area contributed by atoms with Gasteiger partial charge in [0.15, 0.2) is 0 Å². The van der Waals surface area contributed by atoms with E-state index < -0.39 is 0 Å². The second-order valence-electron chi connectivity index (χ2n) is 4.50. The maximum absolute atomic E-state index is 11.9. The second-order valence-corrected chi connectivity index (χ2v) is 5.78. The molecule has 19 heavy (non-hydrogen) atoms. The molecule has 3 amide bonds. The number of amides is 3. The van der Waals surface area contributed by atoms with Gasteiger partial charge < -0.3 is 4.90 Å². The Bertz CT molecular complexity index is 682. The van der Waals surface area contributed by atoms with Crippen molar-refractivity contribution < 1.29 is 9.59 Å². The van der Waals surface area contributed by atoms with Crippen molar-refractivity contribution in [3.05, 3.63) is 34.2 Å². The molecule has 0 aliphatic carbocycles. The first-order chi connectivity index (χ1) is 9.08. The molecule has 0 bridgehead atoms. The number of urea groups is 1. The lowest BCUT2D eigenvalue weighted by molar-refractivity contribution is -0.125. The Morgan fingerprint density at radius 3 is 2.84 bits per heavy atom. The van der Waals surface area contributed by atoms with Gasteiger partial charge in [-0.15, -0.1) is 11.3 Å². The van der Waals surface area contributed by atoms with E-state index in [-0.39, 0.29) is 18.5 Å². The third-order valence-corrected chi connectivity index (χ3v) is 4.70. The summed E-state index contributed by atoms with van der Waals surface area (Å²) >= 11 is 7.65. The van der Waals surface area contributed by atoms with E-state index in [0.29, 0.717) is 11.6 Å². The molecular weight excluding hydrogens is 284 g/mol. The number of benzene rings is 1. The predicted octanol–water partition coefficient (Wildman–Crippen LogP) is 2.95. The van der Waals surface area contributed by atoms with Crippen LogP contribution in [0.15, 0.2) is 23.6 Å². The number of fused-ring (bicyclic) bond motifs is 1. The van der Waals surface area contributed by atoms with Crippen LogP contribution in [0.4, 0.5) is 4.79 Å². The van der Waals surface area contributed by atoms with Gasteiger partial charge in [0.1, 0.15) is 6.54 Å². The van der Waals surface area contributed by atoms with Gasteiger partial charge in [0.2, 0.25) is 0 Å². The summed E-state index contributed by atoms with van der Waals surface area (Å²) in [6.45, 7) is 0.462. The molecule has 0 radical (unpaired) electrons. The summed E-state index contributed by atoms with van der Waals surface area (Å²) < 4.78 is 0.992. The van der Waals surface area contributed by atoms with Gasteiger partial charge in [-0.2, -0.15) is 0 Å². The van der Waals surface area contributed by atoms with Crippen molar-refractivity contribution in [3.63, 3.8) is 0 Å². The smallest absolute Gasteiger partial charge is 0.318 e. The molecule has 3 rings (SSSR count). The maximum Gasteiger partial charge on any atom is 0.327 e. The number of hydrogen-bond donors (Lipinski definition) is 0. The van der Waals surface area contributed by atoms with Gasteiger partial charge in [-0.05, 0) is 22.4 Å². The minimum Gasteiger partial charge on any atom is -0.318 e. The summed E-state index contributed by atoms with van der Waals surface area (Å²) in [5, 5.41) is 3.66. The predicted molar refractivity (Wildman–Crippen MR) is 75.4 cm³/mol. The molecule has 4 nitrogen and oxygen atoms in total. The van der Waals surface area contributed by atoms with E-state index in [2.05, 4.69) is 0 Å². The van der Waals surface area contributed by atoms with E-state index >= 15 is 0 Å². The van der Waals surface area contributed by atoms with E-state index in [1.54, 1.807) is 7.05 Å². The molecule has 2 heterocycles. The third kappa shape index (κ3) is 1.99. The lowest BCUT2D eigenvalue weighted by atomic mass is 10.1. The first-order valence-corrected chi connectivity index (χ1v) is 7.03. The maximum atomic E-state index is 11.9. The molecule has 1 fully saturated rings. The van der Waals surface area contributed by atoms with Crippen molar-refractivity contribution in [2.45, 2.75) is 6.54 Å². The SMILES string of the molecule is CN1CC(=O)N(Cc2csc3c(Cl)cccc23)C1=O. The molecule has 6 heteroatoms. The average Bonchev–Trinajstić information content (AvgIpc) is 2.88. The Labute approximate surface area is 119 Å². The van der Waals surface area contributed by atoms with Gasteiger partial charge in [-0.1, -0.05) is 23.7 Å². The summed E-state index contributed by atoms with van der Waals surface area (Å²) in [6, 6.07) is 5.43. The summed E-state index contributed by atoms with van der Waals surface area (Å²) in [6.07, 6.45) is 0. The molecular formula is C13H11ClN2O2S. The number of halogens is 1.